The fraction of sp³-hybridized carbons (Fsp3) is 0.500. The lowest BCUT2D eigenvalue weighted by Crippen LogP contribution is -2.49. The van der Waals surface area contributed by atoms with Crippen LogP contribution in [0.5, 0.6) is 0 Å². The van der Waals surface area contributed by atoms with Crippen molar-refractivity contribution in [1.29, 1.82) is 0 Å². The molecule has 0 bridgehead atoms. The molecule has 0 aromatic heterocycles. The SMILES string of the molecule is CCOC(=O)C1CC(=O)CCN1[C@@H](C)c1ccccc1. The first kappa shape index (κ1) is 14.7. The van der Waals surface area contributed by atoms with Crippen molar-refractivity contribution in [3.8, 4) is 0 Å². The maximum atomic E-state index is 12.1. The van der Waals surface area contributed by atoms with Crippen LogP contribution in [0.1, 0.15) is 38.3 Å². The Morgan fingerprint density at radius 1 is 1.40 bits per heavy atom. The van der Waals surface area contributed by atoms with E-state index < -0.39 is 6.04 Å². The van der Waals surface area contributed by atoms with Gasteiger partial charge in [-0.05, 0) is 19.4 Å². The number of carbonyl (C=O) groups is 2. The van der Waals surface area contributed by atoms with Crippen LogP contribution in [0.15, 0.2) is 30.3 Å². The van der Waals surface area contributed by atoms with Gasteiger partial charge in [-0.25, -0.2) is 0 Å². The number of hydrogen-bond donors (Lipinski definition) is 0. The summed E-state index contributed by atoms with van der Waals surface area (Å²) in [6.45, 7) is 4.81. The number of carbonyl (C=O) groups excluding carboxylic acids is 2. The summed E-state index contributed by atoms with van der Waals surface area (Å²) in [6, 6.07) is 9.68. The van der Waals surface area contributed by atoms with E-state index in [4.69, 9.17) is 4.74 Å². The van der Waals surface area contributed by atoms with E-state index in [1.165, 1.54) is 0 Å². The highest BCUT2D eigenvalue weighted by molar-refractivity contribution is 5.87. The van der Waals surface area contributed by atoms with Crippen molar-refractivity contribution in [2.45, 2.75) is 38.8 Å². The van der Waals surface area contributed by atoms with Crippen LogP contribution < -0.4 is 0 Å². The van der Waals surface area contributed by atoms with Crippen molar-refractivity contribution in [2.75, 3.05) is 13.2 Å². The fourth-order valence-corrected chi connectivity index (χ4v) is 2.69. The van der Waals surface area contributed by atoms with Crippen molar-refractivity contribution < 1.29 is 14.3 Å². The Bertz CT molecular complexity index is 472. The zero-order chi connectivity index (χ0) is 14.5. The van der Waals surface area contributed by atoms with Crippen LogP contribution in [0.25, 0.3) is 0 Å². The largest absolute Gasteiger partial charge is 0.465 e. The van der Waals surface area contributed by atoms with Crippen molar-refractivity contribution >= 4 is 11.8 Å². The first-order valence-electron chi connectivity index (χ1n) is 7.12. The highest BCUT2D eigenvalue weighted by Gasteiger charge is 2.36. The molecule has 2 atom stereocenters. The fourth-order valence-electron chi connectivity index (χ4n) is 2.69. The molecule has 0 aliphatic carbocycles. The Kier molecular flexibility index (Phi) is 4.90. The second-order valence-corrected chi connectivity index (χ2v) is 5.09. The number of esters is 1. The summed E-state index contributed by atoms with van der Waals surface area (Å²) in [5.74, 6) is -0.150. The van der Waals surface area contributed by atoms with E-state index in [1.807, 2.05) is 30.3 Å². The van der Waals surface area contributed by atoms with E-state index in [2.05, 4.69) is 11.8 Å². The number of likely N-dealkylation sites (tertiary alicyclic amines) is 1. The Morgan fingerprint density at radius 3 is 2.75 bits per heavy atom. The van der Waals surface area contributed by atoms with Crippen LogP contribution in [0, 0.1) is 0 Å². The number of piperidine rings is 1. The van der Waals surface area contributed by atoms with Crippen molar-refractivity contribution in [3.05, 3.63) is 35.9 Å². The minimum atomic E-state index is -0.452. The van der Waals surface area contributed by atoms with Gasteiger partial charge < -0.3 is 4.74 Å². The van der Waals surface area contributed by atoms with Crippen molar-refractivity contribution in [1.82, 2.24) is 4.90 Å². The molecular formula is C16H21NO3. The van der Waals surface area contributed by atoms with Gasteiger partial charge in [0, 0.05) is 25.4 Å². The van der Waals surface area contributed by atoms with Gasteiger partial charge >= 0.3 is 5.97 Å². The molecular weight excluding hydrogens is 254 g/mol. The maximum Gasteiger partial charge on any atom is 0.323 e. The highest BCUT2D eigenvalue weighted by Crippen LogP contribution is 2.27. The van der Waals surface area contributed by atoms with Crippen LogP contribution in [0.2, 0.25) is 0 Å². The summed E-state index contributed by atoms with van der Waals surface area (Å²) in [6.07, 6.45) is 0.767. The van der Waals surface area contributed by atoms with Crippen LogP contribution >= 0.6 is 0 Å². The molecule has 4 nitrogen and oxygen atoms in total. The second kappa shape index (κ2) is 6.66. The molecule has 108 valence electrons. The molecule has 1 aliphatic rings. The standard InChI is InChI=1S/C16H21NO3/c1-3-20-16(19)15-11-14(18)9-10-17(15)12(2)13-7-5-4-6-8-13/h4-8,12,15H,3,9-11H2,1-2H3/t12-,15?/m0/s1. The van der Waals surface area contributed by atoms with Gasteiger partial charge in [-0.15, -0.1) is 0 Å². The zero-order valence-electron chi connectivity index (χ0n) is 12.0. The van der Waals surface area contributed by atoms with Gasteiger partial charge in [0.15, 0.2) is 0 Å². The van der Waals surface area contributed by atoms with Crippen LogP contribution in [0.4, 0.5) is 0 Å². The molecule has 1 aliphatic heterocycles. The van der Waals surface area contributed by atoms with Crippen LogP contribution in [-0.2, 0) is 14.3 Å². The molecule has 1 unspecified atom stereocenters. The van der Waals surface area contributed by atoms with Gasteiger partial charge in [0.05, 0.1) is 6.61 Å². The lowest BCUT2D eigenvalue weighted by Gasteiger charge is -2.37. The Labute approximate surface area is 119 Å². The second-order valence-electron chi connectivity index (χ2n) is 5.09. The lowest BCUT2D eigenvalue weighted by molar-refractivity contribution is -0.154. The highest BCUT2D eigenvalue weighted by atomic mass is 16.5. The van der Waals surface area contributed by atoms with E-state index >= 15 is 0 Å². The minimum Gasteiger partial charge on any atom is -0.465 e. The minimum absolute atomic E-state index is 0.0960. The van der Waals surface area contributed by atoms with Gasteiger partial charge in [0.2, 0.25) is 0 Å². The molecule has 1 aromatic rings. The molecule has 1 heterocycles. The summed E-state index contributed by atoms with van der Waals surface area (Å²) < 4.78 is 5.11. The number of hydrogen-bond acceptors (Lipinski definition) is 4. The number of Topliss-reactive ketones (excluding diaryl/α,β-unsaturated/α-hetero) is 1. The topological polar surface area (TPSA) is 46.6 Å². The Hall–Kier alpha value is -1.68. The molecule has 1 aromatic carbocycles. The summed E-state index contributed by atoms with van der Waals surface area (Å²) in [5, 5.41) is 0. The van der Waals surface area contributed by atoms with E-state index in [1.54, 1.807) is 6.92 Å². The van der Waals surface area contributed by atoms with Gasteiger partial charge in [-0.1, -0.05) is 30.3 Å². The molecule has 1 fully saturated rings. The van der Waals surface area contributed by atoms with Gasteiger partial charge in [0.1, 0.15) is 11.8 Å². The summed E-state index contributed by atoms with van der Waals surface area (Å²) >= 11 is 0. The predicted molar refractivity (Wildman–Crippen MR) is 76.2 cm³/mol. The van der Waals surface area contributed by atoms with Crippen LogP contribution in [0.3, 0.4) is 0 Å². The zero-order valence-corrected chi connectivity index (χ0v) is 12.0. The predicted octanol–water partition coefficient (Wildman–Crippen LogP) is 2.34. The Morgan fingerprint density at radius 2 is 2.10 bits per heavy atom. The molecule has 0 N–H and O–H groups in total. The number of ether oxygens (including phenoxy) is 1. The van der Waals surface area contributed by atoms with E-state index in [-0.39, 0.29) is 24.2 Å². The van der Waals surface area contributed by atoms with Crippen molar-refractivity contribution in [2.24, 2.45) is 0 Å². The molecule has 0 saturated carbocycles. The van der Waals surface area contributed by atoms with Gasteiger partial charge in [-0.3, -0.25) is 14.5 Å². The summed E-state index contributed by atoms with van der Waals surface area (Å²) in [5.41, 5.74) is 1.15. The normalized spacial score (nSPS) is 21.5. The summed E-state index contributed by atoms with van der Waals surface area (Å²) in [4.78, 5) is 25.8. The molecule has 0 radical (unpaired) electrons. The average Bonchev–Trinajstić information content (AvgIpc) is 2.47. The third kappa shape index (κ3) is 3.25. The van der Waals surface area contributed by atoms with Gasteiger partial charge in [0.25, 0.3) is 0 Å². The molecule has 4 heteroatoms. The first-order chi connectivity index (χ1) is 9.63. The number of rotatable bonds is 4. The van der Waals surface area contributed by atoms with E-state index in [9.17, 15) is 9.59 Å². The molecule has 1 saturated heterocycles. The maximum absolute atomic E-state index is 12.1. The third-order valence-corrected chi connectivity index (χ3v) is 3.81. The monoisotopic (exact) mass is 275 g/mol. The van der Waals surface area contributed by atoms with Crippen LogP contribution in [-0.4, -0.2) is 35.8 Å². The number of benzene rings is 1. The average molecular weight is 275 g/mol. The molecule has 0 amide bonds. The third-order valence-electron chi connectivity index (χ3n) is 3.81. The van der Waals surface area contributed by atoms with E-state index in [0.29, 0.717) is 19.6 Å². The smallest absolute Gasteiger partial charge is 0.323 e. The molecule has 2 rings (SSSR count). The number of nitrogens with zero attached hydrogens (tertiary/aromatic N) is 1. The lowest BCUT2D eigenvalue weighted by atomic mass is 9.96. The first-order valence-corrected chi connectivity index (χ1v) is 7.12. The Balaban J connectivity index is 2.18. The number of ketones is 1. The molecule has 0 spiro atoms. The quantitative estimate of drug-likeness (QED) is 0.791. The van der Waals surface area contributed by atoms with Gasteiger partial charge in [-0.2, -0.15) is 0 Å². The molecule has 20 heavy (non-hydrogen) atoms. The van der Waals surface area contributed by atoms with Crippen molar-refractivity contribution in [3.63, 3.8) is 0 Å². The summed E-state index contributed by atoms with van der Waals surface area (Å²) in [7, 11) is 0. The van der Waals surface area contributed by atoms with E-state index in [0.717, 1.165) is 5.56 Å².